The SMILES string of the molecule is N#CCCCn1ccc2ccc(CN)cc21. The van der Waals surface area contributed by atoms with Gasteiger partial charge in [-0.1, -0.05) is 12.1 Å². The molecule has 3 heteroatoms. The molecule has 1 aromatic carbocycles. The van der Waals surface area contributed by atoms with E-state index < -0.39 is 0 Å². The molecule has 0 unspecified atom stereocenters. The van der Waals surface area contributed by atoms with E-state index in [0.717, 1.165) is 18.5 Å². The number of aryl methyl sites for hydroxylation is 1. The monoisotopic (exact) mass is 213 g/mol. The maximum absolute atomic E-state index is 8.51. The van der Waals surface area contributed by atoms with Gasteiger partial charge in [-0.3, -0.25) is 0 Å². The smallest absolute Gasteiger partial charge is 0.0622 e. The molecule has 0 saturated carbocycles. The molecule has 3 nitrogen and oxygen atoms in total. The zero-order valence-electron chi connectivity index (χ0n) is 9.19. The van der Waals surface area contributed by atoms with Crippen LogP contribution in [0, 0.1) is 11.3 Å². The van der Waals surface area contributed by atoms with Gasteiger partial charge in [0.25, 0.3) is 0 Å². The summed E-state index contributed by atoms with van der Waals surface area (Å²) in [6.07, 6.45) is 3.58. The van der Waals surface area contributed by atoms with Crippen molar-refractivity contribution in [3.63, 3.8) is 0 Å². The van der Waals surface area contributed by atoms with Gasteiger partial charge >= 0.3 is 0 Å². The van der Waals surface area contributed by atoms with Gasteiger partial charge in [-0.15, -0.1) is 0 Å². The van der Waals surface area contributed by atoms with E-state index in [1.54, 1.807) is 0 Å². The van der Waals surface area contributed by atoms with Crippen molar-refractivity contribution in [2.24, 2.45) is 5.73 Å². The molecule has 2 rings (SSSR count). The van der Waals surface area contributed by atoms with Gasteiger partial charge in [0.15, 0.2) is 0 Å². The number of nitriles is 1. The van der Waals surface area contributed by atoms with Crippen LogP contribution < -0.4 is 5.73 Å². The van der Waals surface area contributed by atoms with Crippen LogP contribution in [0.25, 0.3) is 10.9 Å². The predicted molar refractivity (Wildman–Crippen MR) is 64.7 cm³/mol. The van der Waals surface area contributed by atoms with Crippen LogP contribution in [0.1, 0.15) is 18.4 Å². The summed E-state index contributed by atoms with van der Waals surface area (Å²) in [5, 5.41) is 9.75. The maximum atomic E-state index is 8.51. The highest BCUT2D eigenvalue weighted by Gasteiger charge is 2.01. The van der Waals surface area contributed by atoms with Crippen molar-refractivity contribution in [2.45, 2.75) is 25.9 Å². The van der Waals surface area contributed by atoms with Crippen molar-refractivity contribution in [3.8, 4) is 6.07 Å². The molecule has 1 heterocycles. The Balaban J connectivity index is 2.28. The zero-order chi connectivity index (χ0) is 11.4. The molecular formula is C13H15N3. The van der Waals surface area contributed by atoms with Crippen LogP contribution in [0.15, 0.2) is 30.5 Å². The van der Waals surface area contributed by atoms with Gasteiger partial charge in [0.2, 0.25) is 0 Å². The first-order valence-electron chi connectivity index (χ1n) is 5.50. The Morgan fingerprint density at radius 2 is 2.19 bits per heavy atom. The Labute approximate surface area is 95.1 Å². The number of hydrogen-bond donors (Lipinski definition) is 1. The third-order valence-electron chi connectivity index (χ3n) is 2.76. The summed E-state index contributed by atoms with van der Waals surface area (Å²) >= 11 is 0. The van der Waals surface area contributed by atoms with Crippen LogP contribution in [0.2, 0.25) is 0 Å². The fraction of sp³-hybridized carbons (Fsp3) is 0.308. The Morgan fingerprint density at radius 3 is 2.94 bits per heavy atom. The molecule has 0 saturated heterocycles. The quantitative estimate of drug-likeness (QED) is 0.793. The second-order valence-corrected chi connectivity index (χ2v) is 3.87. The van der Waals surface area contributed by atoms with E-state index in [-0.39, 0.29) is 0 Å². The Hall–Kier alpha value is -1.79. The van der Waals surface area contributed by atoms with E-state index in [0.29, 0.717) is 13.0 Å². The molecule has 0 spiro atoms. The minimum Gasteiger partial charge on any atom is -0.347 e. The van der Waals surface area contributed by atoms with Crippen LogP contribution >= 0.6 is 0 Å². The van der Waals surface area contributed by atoms with Crippen molar-refractivity contribution in [3.05, 3.63) is 36.0 Å². The lowest BCUT2D eigenvalue weighted by molar-refractivity contribution is 0.674. The maximum Gasteiger partial charge on any atom is 0.0622 e. The predicted octanol–water partition coefficient (Wildman–Crippen LogP) is 2.40. The van der Waals surface area contributed by atoms with Gasteiger partial charge in [-0.25, -0.2) is 0 Å². The van der Waals surface area contributed by atoms with Crippen molar-refractivity contribution < 1.29 is 0 Å². The van der Waals surface area contributed by atoms with Crippen LogP contribution in [0.4, 0.5) is 0 Å². The summed E-state index contributed by atoms with van der Waals surface area (Å²) in [5.41, 5.74) is 7.98. The Morgan fingerprint density at radius 1 is 1.31 bits per heavy atom. The summed E-state index contributed by atoms with van der Waals surface area (Å²) in [5.74, 6) is 0. The van der Waals surface area contributed by atoms with Crippen molar-refractivity contribution in [1.29, 1.82) is 5.26 Å². The van der Waals surface area contributed by atoms with Gasteiger partial charge in [-0.05, 0) is 29.5 Å². The van der Waals surface area contributed by atoms with Crippen molar-refractivity contribution in [1.82, 2.24) is 4.57 Å². The lowest BCUT2D eigenvalue weighted by atomic mass is 10.1. The average molecular weight is 213 g/mol. The van der Waals surface area contributed by atoms with E-state index in [4.69, 9.17) is 11.0 Å². The van der Waals surface area contributed by atoms with Crippen molar-refractivity contribution in [2.75, 3.05) is 0 Å². The second kappa shape index (κ2) is 4.82. The highest BCUT2D eigenvalue weighted by Crippen LogP contribution is 2.18. The summed E-state index contributed by atoms with van der Waals surface area (Å²) in [6, 6.07) is 10.5. The number of nitrogens with zero attached hydrogens (tertiary/aromatic N) is 2. The summed E-state index contributed by atoms with van der Waals surface area (Å²) in [7, 11) is 0. The van der Waals surface area contributed by atoms with Gasteiger partial charge in [0.1, 0.15) is 0 Å². The van der Waals surface area contributed by atoms with E-state index in [2.05, 4.69) is 41.1 Å². The van der Waals surface area contributed by atoms with Gasteiger partial charge in [0.05, 0.1) is 6.07 Å². The summed E-state index contributed by atoms with van der Waals surface area (Å²) in [4.78, 5) is 0. The molecule has 2 aromatic rings. The fourth-order valence-corrected chi connectivity index (χ4v) is 1.88. The molecule has 2 N–H and O–H groups in total. The van der Waals surface area contributed by atoms with Crippen LogP contribution in [-0.2, 0) is 13.1 Å². The number of rotatable bonds is 4. The molecule has 82 valence electrons. The highest BCUT2D eigenvalue weighted by molar-refractivity contribution is 5.80. The molecule has 0 aliphatic carbocycles. The van der Waals surface area contributed by atoms with E-state index in [9.17, 15) is 0 Å². The summed E-state index contributed by atoms with van der Waals surface area (Å²) in [6.45, 7) is 1.46. The molecule has 0 radical (unpaired) electrons. The minimum absolute atomic E-state index is 0.569. The zero-order valence-corrected chi connectivity index (χ0v) is 9.19. The molecule has 0 aliphatic rings. The normalized spacial score (nSPS) is 10.5. The largest absolute Gasteiger partial charge is 0.347 e. The molecule has 0 amide bonds. The van der Waals surface area contributed by atoms with E-state index >= 15 is 0 Å². The average Bonchev–Trinajstić information content (AvgIpc) is 2.72. The van der Waals surface area contributed by atoms with Crippen LogP contribution in [-0.4, -0.2) is 4.57 Å². The van der Waals surface area contributed by atoms with Gasteiger partial charge in [0, 0.05) is 31.2 Å². The number of benzene rings is 1. The van der Waals surface area contributed by atoms with Crippen molar-refractivity contribution >= 4 is 10.9 Å². The molecule has 16 heavy (non-hydrogen) atoms. The number of aromatic nitrogens is 1. The molecule has 0 fully saturated rings. The van der Waals surface area contributed by atoms with E-state index in [1.165, 1.54) is 10.9 Å². The second-order valence-electron chi connectivity index (χ2n) is 3.87. The lowest BCUT2D eigenvalue weighted by Crippen LogP contribution is -1.98. The van der Waals surface area contributed by atoms with Crippen LogP contribution in [0.5, 0.6) is 0 Å². The Kier molecular flexibility index (Phi) is 3.23. The van der Waals surface area contributed by atoms with Gasteiger partial charge in [-0.2, -0.15) is 5.26 Å². The molecule has 0 aliphatic heterocycles. The number of nitrogens with two attached hydrogens (primary N) is 1. The van der Waals surface area contributed by atoms with E-state index in [1.807, 2.05) is 0 Å². The first-order chi connectivity index (χ1) is 7.85. The number of fused-ring (bicyclic) bond motifs is 1. The number of hydrogen-bond acceptors (Lipinski definition) is 2. The highest BCUT2D eigenvalue weighted by atomic mass is 14.9. The summed E-state index contributed by atoms with van der Waals surface area (Å²) < 4.78 is 2.19. The standard InChI is InChI=1S/C13H15N3/c14-6-1-2-7-16-8-5-12-4-3-11(10-15)9-13(12)16/h3-5,8-9H,1-2,7,10,15H2. The fourth-order valence-electron chi connectivity index (χ4n) is 1.88. The molecule has 1 aromatic heterocycles. The minimum atomic E-state index is 0.569. The third-order valence-corrected chi connectivity index (χ3v) is 2.76. The Bertz CT molecular complexity index is 519. The van der Waals surface area contributed by atoms with Crippen LogP contribution in [0.3, 0.4) is 0 Å². The first kappa shape index (κ1) is 10.7. The molecule has 0 bridgehead atoms. The lowest BCUT2D eigenvalue weighted by Gasteiger charge is -2.04. The van der Waals surface area contributed by atoms with Gasteiger partial charge < -0.3 is 10.3 Å². The molecular weight excluding hydrogens is 198 g/mol. The topological polar surface area (TPSA) is 54.7 Å². The first-order valence-corrected chi connectivity index (χ1v) is 5.50. The number of unbranched alkanes of at least 4 members (excludes halogenated alkanes) is 1. The third kappa shape index (κ3) is 2.07. The molecule has 0 atom stereocenters.